The number of aryl methyl sites for hydroxylation is 1. The van der Waals surface area contributed by atoms with Crippen LogP contribution in [0.3, 0.4) is 0 Å². The van der Waals surface area contributed by atoms with Gasteiger partial charge in [-0.25, -0.2) is 13.2 Å². The molecule has 216 valence electrons. The molecule has 0 bridgehead atoms. The van der Waals surface area contributed by atoms with Crippen LogP contribution in [0.1, 0.15) is 78.8 Å². The number of alkyl halides is 2. The Balaban J connectivity index is 1.35. The van der Waals surface area contributed by atoms with Gasteiger partial charge in [0.1, 0.15) is 5.82 Å². The molecule has 5 rings (SSSR count). The zero-order valence-corrected chi connectivity index (χ0v) is 24.2. The Bertz CT molecular complexity index is 1470. The number of pyridine rings is 1. The molecule has 1 atom stereocenters. The maximum Gasteiger partial charge on any atom is 0.254 e. The molecule has 1 amide bonds. The van der Waals surface area contributed by atoms with Gasteiger partial charge in [-0.3, -0.25) is 9.59 Å². The summed E-state index contributed by atoms with van der Waals surface area (Å²) in [5.74, 6) is -2.95. The molecule has 3 aromatic rings. The zero-order chi connectivity index (χ0) is 28.8. The van der Waals surface area contributed by atoms with E-state index >= 15 is 0 Å². The van der Waals surface area contributed by atoms with Crippen molar-refractivity contribution in [2.45, 2.75) is 94.8 Å². The van der Waals surface area contributed by atoms with E-state index in [1.807, 2.05) is 26.2 Å². The molecule has 0 saturated heterocycles. The Kier molecular flexibility index (Phi) is 8.12. The van der Waals surface area contributed by atoms with Crippen LogP contribution >= 0.6 is 11.8 Å². The number of nitrogens with zero attached hydrogens (tertiary/aromatic N) is 1. The van der Waals surface area contributed by atoms with Crippen molar-refractivity contribution in [1.82, 2.24) is 20.2 Å². The number of hydrogen-bond acceptors (Lipinski definition) is 4. The Labute approximate surface area is 236 Å². The van der Waals surface area contributed by atoms with Crippen LogP contribution in [0.2, 0.25) is 0 Å². The lowest BCUT2D eigenvalue weighted by Crippen LogP contribution is -2.52. The molecular formula is C30H37F3N4O2S. The normalized spacial score (nSPS) is 21.8. The summed E-state index contributed by atoms with van der Waals surface area (Å²) < 4.78 is 43.0. The lowest BCUT2D eigenvalue weighted by Gasteiger charge is -2.41. The van der Waals surface area contributed by atoms with Gasteiger partial charge in [-0.05, 0) is 82.9 Å². The summed E-state index contributed by atoms with van der Waals surface area (Å²) in [4.78, 5) is 29.7. The van der Waals surface area contributed by atoms with Crippen LogP contribution in [0.15, 0.2) is 34.0 Å². The molecule has 2 aliphatic rings. The smallest absolute Gasteiger partial charge is 0.254 e. The molecular weight excluding hydrogens is 537 g/mol. The highest BCUT2D eigenvalue weighted by Gasteiger charge is 2.46. The quantitative estimate of drug-likeness (QED) is 0.278. The average molecular weight is 575 g/mol. The molecule has 0 radical (unpaired) electrons. The van der Waals surface area contributed by atoms with Gasteiger partial charge < -0.3 is 20.2 Å². The maximum atomic E-state index is 14.4. The fourth-order valence-corrected chi connectivity index (χ4v) is 7.32. The van der Waals surface area contributed by atoms with Crippen LogP contribution in [0.4, 0.5) is 13.2 Å². The minimum absolute atomic E-state index is 0.0611. The van der Waals surface area contributed by atoms with Crippen LogP contribution in [-0.4, -0.2) is 39.7 Å². The van der Waals surface area contributed by atoms with Crippen molar-refractivity contribution >= 4 is 28.6 Å². The largest absolute Gasteiger partial charge is 0.348 e. The third kappa shape index (κ3) is 5.70. The number of aromatic nitrogens is 2. The van der Waals surface area contributed by atoms with Crippen LogP contribution in [0, 0.1) is 25.6 Å². The fraction of sp³-hybridized carbons (Fsp3) is 0.533. The fourth-order valence-electron chi connectivity index (χ4n) is 6.61. The number of amides is 1. The van der Waals surface area contributed by atoms with Gasteiger partial charge in [-0.15, -0.1) is 11.8 Å². The van der Waals surface area contributed by atoms with Crippen LogP contribution in [-0.2, 0) is 6.54 Å². The third-order valence-electron chi connectivity index (χ3n) is 8.74. The number of fused-ring (bicyclic) bond motifs is 1. The molecule has 2 saturated carbocycles. The molecule has 0 unspecified atom stereocenters. The van der Waals surface area contributed by atoms with Crippen LogP contribution < -0.4 is 16.2 Å². The summed E-state index contributed by atoms with van der Waals surface area (Å²) in [6.45, 7) is 5.90. The van der Waals surface area contributed by atoms with Crippen molar-refractivity contribution < 1.29 is 18.0 Å². The molecule has 2 heterocycles. The first-order chi connectivity index (χ1) is 19.0. The summed E-state index contributed by atoms with van der Waals surface area (Å²) in [7, 11) is 0. The first-order valence-electron chi connectivity index (χ1n) is 14.0. The summed E-state index contributed by atoms with van der Waals surface area (Å²) in [6.07, 6.45) is 5.46. The van der Waals surface area contributed by atoms with Gasteiger partial charge in [-0.2, -0.15) is 0 Å². The number of nitrogens with one attached hydrogen (secondary N) is 3. The highest BCUT2D eigenvalue weighted by Crippen LogP contribution is 2.41. The van der Waals surface area contributed by atoms with E-state index in [2.05, 4.69) is 27.1 Å². The predicted molar refractivity (Wildman–Crippen MR) is 153 cm³/mol. The van der Waals surface area contributed by atoms with Gasteiger partial charge in [0.15, 0.2) is 0 Å². The van der Waals surface area contributed by atoms with Gasteiger partial charge in [0.25, 0.3) is 17.4 Å². The van der Waals surface area contributed by atoms with E-state index in [1.165, 1.54) is 23.9 Å². The van der Waals surface area contributed by atoms with E-state index in [4.69, 9.17) is 0 Å². The van der Waals surface area contributed by atoms with E-state index in [-0.39, 0.29) is 49.0 Å². The number of carbonyl (C=O) groups excluding carboxylic acids is 1. The number of rotatable bonds is 8. The van der Waals surface area contributed by atoms with Gasteiger partial charge in [0.05, 0.1) is 5.56 Å². The zero-order valence-electron chi connectivity index (χ0n) is 23.4. The Hall–Kier alpha value is -2.72. The topological polar surface area (TPSA) is 78.9 Å². The minimum atomic E-state index is -2.52. The molecule has 40 heavy (non-hydrogen) atoms. The van der Waals surface area contributed by atoms with Gasteiger partial charge in [0, 0.05) is 70.3 Å². The van der Waals surface area contributed by atoms with E-state index in [1.54, 1.807) is 6.07 Å². The second kappa shape index (κ2) is 11.3. The molecule has 0 spiro atoms. The summed E-state index contributed by atoms with van der Waals surface area (Å²) in [6, 6.07) is 6.65. The van der Waals surface area contributed by atoms with Crippen molar-refractivity contribution in [3.8, 4) is 0 Å². The second-order valence-electron chi connectivity index (χ2n) is 11.5. The van der Waals surface area contributed by atoms with E-state index < -0.39 is 11.7 Å². The molecule has 2 fully saturated rings. The third-order valence-corrected chi connectivity index (χ3v) is 9.54. The lowest BCUT2D eigenvalue weighted by molar-refractivity contribution is -0.0957. The van der Waals surface area contributed by atoms with Gasteiger partial charge >= 0.3 is 0 Å². The van der Waals surface area contributed by atoms with E-state index in [0.29, 0.717) is 22.4 Å². The van der Waals surface area contributed by atoms with Crippen molar-refractivity contribution in [2.75, 3.05) is 6.26 Å². The number of carbonyl (C=O) groups is 1. The number of aromatic amines is 1. The molecule has 2 aliphatic carbocycles. The number of H-pyrrole nitrogens is 1. The van der Waals surface area contributed by atoms with Gasteiger partial charge in [-0.1, -0.05) is 0 Å². The number of hydrogen-bond donors (Lipinski definition) is 3. The first-order valence-corrected chi connectivity index (χ1v) is 15.2. The molecule has 10 heteroatoms. The standard InChI is InChI=1S/C30H37F3N4O2S/c1-16-11-26(40-4)24(28(38)35-16)15-34-29(39)27-18(3)37(25-10-7-20(31)12-23(25)27)17(2)19-5-8-21(9-6-19)36-22-13-30(32,33)14-22/h7,10-12,17,19,21-22,36H,5-6,8-9,13-15H2,1-4H3,(H,34,39)(H,35,38)/t17-,19-,21+/m1/s1. The SMILES string of the molecule is CSc1cc(C)[nH]c(=O)c1CNC(=O)c1c(C)n([C@H](C)[C@H]2CC[C@@H](NC3CC(F)(F)C3)CC2)c2ccc(F)cc12. The molecule has 6 nitrogen and oxygen atoms in total. The number of benzene rings is 1. The van der Waals surface area contributed by atoms with Crippen molar-refractivity contribution in [3.05, 3.63) is 63.0 Å². The summed E-state index contributed by atoms with van der Waals surface area (Å²) in [5.41, 5.74) is 2.97. The molecule has 0 aliphatic heterocycles. The molecule has 2 aromatic heterocycles. The first kappa shape index (κ1) is 28.8. The van der Waals surface area contributed by atoms with E-state index in [0.717, 1.165) is 47.5 Å². The number of halogens is 3. The van der Waals surface area contributed by atoms with Crippen molar-refractivity contribution in [3.63, 3.8) is 0 Å². The van der Waals surface area contributed by atoms with Crippen molar-refractivity contribution in [1.29, 1.82) is 0 Å². The summed E-state index contributed by atoms with van der Waals surface area (Å²) in [5, 5.41) is 6.86. The molecule has 1 aromatic carbocycles. The minimum Gasteiger partial charge on any atom is -0.348 e. The highest BCUT2D eigenvalue weighted by molar-refractivity contribution is 7.98. The molecule has 3 N–H and O–H groups in total. The van der Waals surface area contributed by atoms with Gasteiger partial charge in [0.2, 0.25) is 0 Å². The average Bonchev–Trinajstić information content (AvgIpc) is 3.17. The number of thioether (sulfide) groups is 1. The Morgan fingerprint density at radius 3 is 2.50 bits per heavy atom. The highest BCUT2D eigenvalue weighted by atomic mass is 32.2. The summed E-state index contributed by atoms with van der Waals surface area (Å²) >= 11 is 1.45. The second-order valence-corrected chi connectivity index (χ2v) is 12.3. The van der Waals surface area contributed by atoms with Crippen LogP contribution in [0.25, 0.3) is 10.9 Å². The maximum absolute atomic E-state index is 14.4. The Morgan fingerprint density at radius 2 is 1.85 bits per heavy atom. The lowest BCUT2D eigenvalue weighted by atomic mass is 9.80. The monoisotopic (exact) mass is 574 g/mol. The Morgan fingerprint density at radius 1 is 1.15 bits per heavy atom. The van der Waals surface area contributed by atoms with E-state index in [9.17, 15) is 22.8 Å². The van der Waals surface area contributed by atoms with Crippen molar-refractivity contribution in [2.24, 2.45) is 5.92 Å². The predicted octanol–water partition coefficient (Wildman–Crippen LogP) is 6.24. The van der Waals surface area contributed by atoms with Crippen LogP contribution in [0.5, 0.6) is 0 Å².